The maximum atomic E-state index is 12.6. The lowest BCUT2D eigenvalue weighted by Crippen LogP contribution is -2.46. The average molecular weight is 706 g/mol. The quantitative estimate of drug-likeness (QED) is 0.0338. The zero-order chi connectivity index (χ0) is 35.8. The van der Waals surface area contributed by atoms with Crippen LogP contribution in [0.3, 0.4) is 0 Å². The first kappa shape index (κ1) is 47.5. The molecule has 0 fully saturated rings. The molecule has 0 radical (unpaired) electrons. The van der Waals surface area contributed by atoms with Gasteiger partial charge in [-0.3, -0.25) is 13.8 Å². The number of hydrogen-bond acceptors (Lipinski definition) is 5. The van der Waals surface area contributed by atoms with Crippen LogP contribution >= 0.6 is 7.82 Å². The van der Waals surface area contributed by atoms with E-state index in [-0.39, 0.29) is 19.1 Å². The number of amides is 1. The minimum absolute atomic E-state index is 0.0771. The number of rotatable bonds is 37. The topological polar surface area (TPSA) is 105 Å². The molecule has 48 heavy (non-hydrogen) atoms. The number of carbonyl (C=O) groups is 1. The van der Waals surface area contributed by atoms with E-state index in [2.05, 4.69) is 19.2 Å². The third-order valence-electron chi connectivity index (χ3n) is 9.36. The van der Waals surface area contributed by atoms with E-state index in [0.717, 1.165) is 44.9 Å². The Balaban J connectivity index is 4.03. The number of phosphoric acid groups is 1. The summed E-state index contributed by atoms with van der Waals surface area (Å²) in [5.74, 6) is -0.161. The van der Waals surface area contributed by atoms with Gasteiger partial charge in [0.15, 0.2) is 0 Å². The number of quaternary nitrogens is 1. The number of likely N-dealkylation sites (N-methyl/N-ethyl adjacent to an activating group) is 1. The van der Waals surface area contributed by atoms with Gasteiger partial charge in [0.05, 0.1) is 39.9 Å². The Morgan fingerprint density at radius 1 is 0.625 bits per heavy atom. The number of unbranched alkanes of at least 4 members (excludes halogenated alkanes) is 24. The molecule has 0 aromatic rings. The van der Waals surface area contributed by atoms with Crippen molar-refractivity contribution in [1.82, 2.24) is 5.32 Å². The highest BCUT2D eigenvalue weighted by atomic mass is 31.2. The van der Waals surface area contributed by atoms with E-state index in [1.54, 1.807) is 0 Å². The van der Waals surface area contributed by atoms with E-state index in [4.69, 9.17) is 9.05 Å². The van der Waals surface area contributed by atoms with E-state index >= 15 is 0 Å². The largest absolute Gasteiger partial charge is 0.472 e. The molecular formula is C39H82N2O6P+. The number of hydrogen-bond donors (Lipinski definition) is 3. The van der Waals surface area contributed by atoms with Crippen molar-refractivity contribution >= 4 is 13.7 Å². The predicted molar refractivity (Wildman–Crippen MR) is 203 cm³/mol. The van der Waals surface area contributed by atoms with Crippen LogP contribution in [-0.4, -0.2) is 73.4 Å². The summed E-state index contributed by atoms with van der Waals surface area (Å²) in [6, 6.07) is -0.749. The van der Waals surface area contributed by atoms with Gasteiger partial charge in [-0.1, -0.05) is 174 Å². The van der Waals surface area contributed by atoms with Gasteiger partial charge in [-0.15, -0.1) is 0 Å². The molecule has 9 heteroatoms. The lowest BCUT2D eigenvalue weighted by molar-refractivity contribution is -0.870. The summed E-state index contributed by atoms with van der Waals surface area (Å²) < 4.78 is 23.4. The van der Waals surface area contributed by atoms with Gasteiger partial charge in [0.1, 0.15) is 13.2 Å². The highest BCUT2D eigenvalue weighted by Gasteiger charge is 2.28. The van der Waals surface area contributed by atoms with Crippen LogP contribution in [-0.2, 0) is 18.4 Å². The SMILES string of the molecule is CCCCCCCCCCCCCCCCCCCCCCCCC(O)C(COP(=O)(O)OCC[N+](C)(C)C)NC(=O)CCCCCC. The molecule has 0 rings (SSSR count). The fraction of sp³-hybridized carbons (Fsp3) is 0.974. The van der Waals surface area contributed by atoms with Gasteiger partial charge in [0, 0.05) is 6.42 Å². The standard InChI is InChI=1S/C39H81N2O6P/c1-6-8-10-12-13-14-15-16-17-18-19-20-21-22-23-24-25-26-27-28-29-30-32-38(42)37(40-39(43)33-31-11-9-7-2)36-47-48(44,45)46-35-34-41(3,4)5/h37-38,42H,6-36H2,1-5H3,(H-,40,43,44,45)/p+1. The van der Waals surface area contributed by atoms with Crippen LogP contribution in [0.1, 0.15) is 194 Å². The van der Waals surface area contributed by atoms with Gasteiger partial charge < -0.3 is 19.8 Å². The van der Waals surface area contributed by atoms with Crippen molar-refractivity contribution in [2.45, 2.75) is 206 Å². The smallest absolute Gasteiger partial charge is 0.391 e. The number of aliphatic hydroxyl groups is 1. The number of aliphatic hydroxyl groups excluding tert-OH is 1. The van der Waals surface area contributed by atoms with E-state index in [0.29, 0.717) is 23.9 Å². The minimum Gasteiger partial charge on any atom is -0.391 e. The monoisotopic (exact) mass is 706 g/mol. The average Bonchev–Trinajstić information content (AvgIpc) is 3.03. The molecule has 0 aliphatic heterocycles. The summed E-state index contributed by atoms with van der Waals surface area (Å²) in [6.07, 6.45) is 33.3. The van der Waals surface area contributed by atoms with Crippen molar-refractivity contribution < 1.29 is 32.9 Å². The third kappa shape index (κ3) is 34.0. The summed E-state index contributed by atoms with van der Waals surface area (Å²) in [7, 11) is 1.62. The predicted octanol–water partition coefficient (Wildman–Crippen LogP) is 10.6. The van der Waals surface area contributed by atoms with Crippen LogP contribution in [0, 0.1) is 0 Å². The number of carbonyl (C=O) groups excluding carboxylic acids is 1. The van der Waals surface area contributed by atoms with E-state index in [1.165, 1.54) is 122 Å². The number of phosphoric ester groups is 1. The molecule has 0 aliphatic rings. The molecule has 0 aromatic carbocycles. The Labute approximate surface area is 298 Å². The Morgan fingerprint density at radius 3 is 1.40 bits per heavy atom. The van der Waals surface area contributed by atoms with Gasteiger partial charge in [0.25, 0.3) is 0 Å². The first-order valence-electron chi connectivity index (χ1n) is 20.4. The first-order chi connectivity index (χ1) is 23.0. The molecule has 3 atom stereocenters. The molecule has 3 N–H and O–H groups in total. The maximum Gasteiger partial charge on any atom is 0.472 e. The summed E-state index contributed by atoms with van der Waals surface area (Å²) in [5.41, 5.74) is 0. The lowest BCUT2D eigenvalue weighted by Gasteiger charge is -2.26. The molecule has 0 saturated carbocycles. The molecule has 0 spiro atoms. The van der Waals surface area contributed by atoms with E-state index in [1.807, 2.05) is 21.1 Å². The molecule has 0 saturated heterocycles. The Morgan fingerprint density at radius 2 is 1.00 bits per heavy atom. The molecule has 0 aliphatic carbocycles. The van der Waals surface area contributed by atoms with Crippen LogP contribution in [0.25, 0.3) is 0 Å². The van der Waals surface area contributed by atoms with E-state index in [9.17, 15) is 19.4 Å². The second-order valence-electron chi connectivity index (χ2n) is 15.4. The highest BCUT2D eigenvalue weighted by Crippen LogP contribution is 2.43. The van der Waals surface area contributed by atoms with Gasteiger partial charge in [-0.2, -0.15) is 0 Å². The molecular weight excluding hydrogens is 623 g/mol. The summed E-state index contributed by atoms with van der Waals surface area (Å²) in [4.78, 5) is 22.7. The van der Waals surface area contributed by atoms with Gasteiger partial charge in [-0.25, -0.2) is 4.57 Å². The number of nitrogens with zero attached hydrogens (tertiary/aromatic N) is 1. The molecule has 8 nitrogen and oxygen atoms in total. The fourth-order valence-corrected chi connectivity index (χ4v) is 6.78. The third-order valence-corrected chi connectivity index (χ3v) is 10.3. The lowest BCUT2D eigenvalue weighted by atomic mass is 10.0. The normalized spacial score (nSPS) is 14.6. The maximum absolute atomic E-state index is 12.6. The fourth-order valence-electron chi connectivity index (χ4n) is 6.05. The molecule has 3 unspecified atom stereocenters. The van der Waals surface area contributed by atoms with Crippen molar-refractivity contribution in [3.05, 3.63) is 0 Å². The number of nitrogens with one attached hydrogen (secondary N) is 1. The Bertz CT molecular complexity index is 763. The first-order valence-corrected chi connectivity index (χ1v) is 21.9. The summed E-state index contributed by atoms with van der Waals surface area (Å²) in [5, 5.41) is 13.8. The van der Waals surface area contributed by atoms with Gasteiger partial charge in [0.2, 0.25) is 5.91 Å². The van der Waals surface area contributed by atoms with Gasteiger partial charge in [-0.05, 0) is 12.8 Å². The van der Waals surface area contributed by atoms with Crippen molar-refractivity contribution in [2.75, 3.05) is 40.9 Å². The van der Waals surface area contributed by atoms with Crippen molar-refractivity contribution in [3.8, 4) is 0 Å². The second-order valence-corrected chi connectivity index (χ2v) is 16.8. The molecule has 1 amide bonds. The van der Waals surface area contributed by atoms with E-state index < -0.39 is 20.0 Å². The molecule has 288 valence electrons. The Kier molecular flexibility index (Phi) is 32.1. The van der Waals surface area contributed by atoms with Crippen molar-refractivity contribution in [3.63, 3.8) is 0 Å². The molecule has 0 bridgehead atoms. The van der Waals surface area contributed by atoms with Crippen molar-refractivity contribution in [2.24, 2.45) is 0 Å². The van der Waals surface area contributed by atoms with Crippen LogP contribution in [0.4, 0.5) is 0 Å². The zero-order valence-electron chi connectivity index (χ0n) is 32.5. The minimum atomic E-state index is -4.29. The van der Waals surface area contributed by atoms with Crippen LogP contribution in [0.15, 0.2) is 0 Å². The van der Waals surface area contributed by atoms with Gasteiger partial charge >= 0.3 is 7.82 Å². The molecule has 0 heterocycles. The zero-order valence-corrected chi connectivity index (χ0v) is 33.4. The Hall–Kier alpha value is -0.500. The van der Waals surface area contributed by atoms with Crippen LogP contribution in [0.5, 0.6) is 0 Å². The highest BCUT2D eigenvalue weighted by molar-refractivity contribution is 7.47. The second kappa shape index (κ2) is 32.4. The summed E-state index contributed by atoms with van der Waals surface area (Å²) in [6.45, 7) is 4.77. The van der Waals surface area contributed by atoms with Crippen LogP contribution in [0.2, 0.25) is 0 Å². The molecule has 0 aromatic heterocycles. The van der Waals surface area contributed by atoms with Crippen LogP contribution < -0.4 is 5.32 Å². The summed E-state index contributed by atoms with van der Waals surface area (Å²) >= 11 is 0. The van der Waals surface area contributed by atoms with Crippen molar-refractivity contribution in [1.29, 1.82) is 0 Å².